The number of alkyl halides is 3. The van der Waals surface area contributed by atoms with Crippen molar-refractivity contribution in [2.75, 3.05) is 6.54 Å². The molecule has 0 radical (unpaired) electrons. The van der Waals surface area contributed by atoms with Crippen molar-refractivity contribution in [3.05, 3.63) is 51.8 Å². The molecule has 0 saturated heterocycles. The second kappa shape index (κ2) is 6.55. The minimum atomic E-state index is -4.45. The molecule has 8 heteroatoms. The maximum atomic E-state index is 13.0. The second-order valence-electron chi connectivity index (χ2n) is 5.12. The van der Waals surface area contributed by atoms with Crippen LogP contribution in [-0.4, -0.2) is 16.3 Å². The number of hydrogen-bond acceptors (Lipinski definition) is 2. The molecule has 0 spiro atoms. The number of nitrogens with zero attached hydrogens (tertiary/aromatic N) is 2. The van der Waals surface area contributed by atoms with Gasteiger partial charge in [0.05, 0.1) is 5.69 Å². The molecule has 0 unspecified atom stereocenters. The molecule has 2 aromatic rings. The van der Waals surface area contributed by atoms with Gasteiger partial charge in [-0.15, -0.1) is 12.4 Å². The van der Waals surface area contributed by atoms with Crippen LogP contribution in [-0.2, 0) is 19.8 Å². The third kappa shape index (κ3) is 3.54. The summed E-state index contributed by atoms with van der Waals surface area (Å²) in [7, 11) is 1.54. The van der Waals surface area contributed by atoms with Crippen molar-refractivity contribution in [2.45, 2.75) is 12.7 Å². The van der Waals surface area contributed by atoms with Gasteiger partial charge in [0.1, 0.15) is 0 Å². The van der Waals surface area contributed by atoms with Crippen LogP contribution in [0.5, 0.6) is 0 Å². The van der Waals surface area contributed by atoms with E-state index < -0.39 is 11.9 Å². The molecule has 0 atom stereocenters. The highest BCUT2D eigenvalue weighted by Gasteiger charge is 2.39. The summed E-state index contributed by atoms with van der Waals surface area (Å²) in [6.07, 6.45) is -2.60. The number of fused-ring (bicyclic) bond motifs is 1. The number of aryl methyl sites for hydroxylation is 1. The Morgan fingerprint density at radius 2 is 1.87 bits per heavy atom. The van der Waals surface area contributed by atoms with Crippen molar-refractivity contribution in [1.82, 2.24) is 15.1 Å². The Morgan fingerprint density at radius 3 is 2.48 bits per heavy atom. The van der Waals surface area contributed by atoms with Gasteiger partial charge in [0.15, 0.2) is 5.69 Å². The Bertz CT molecular complexity index is 734. The van der Waals surface area contributed by atoms with Crippen LogP contribution < -0.4 is 5.32 Å². The summed E-state index contributed by atoms with van der Waals surface area (Å²) in [4.78, 5) is 0. The van der Waals surface area contributed by atoms with Crippen molar-refractivity contribution < 1.29 is 13.2 Å². The highest BCUT2D eigenvalue weighted by atomic mass is 35.5. The third-order valence-electron chi connectivity index (χ3n) is 3.55. The molecule has 1 aromatic carbocycles. The first-order chi connectivity index (χ1) is 10.4. The van der Waals surface area contributed by atoms with Gasteiger partial charge in [-0.3, -0.25) is 4.68 Å². The highest BCUT2D eigenvalue weighted by molar-refractivity contribution is 6.30. The monoisotopic (exact) mass is 363 g/mol. The van der Waals surface area contributed by atoms with Crippen LogP contribution in [0, 0.1) is 0 Å². The third-order valence-corrected chi connectivity index (χ3v) is 3.80. The summed E-state index contributed by atoms with van der Waals surface area (Å²) in [5.41, 5.74) is 1.56. The first-order valence-corrected chi connectivity index (χ1v) is 7.04. The second-order valence-corrected chi connectivity index (χ2v) is 5.56. The van der Waals surface area contributed by atoms with Crippen molar-refractivity contribution in [1.29, 1.82) is 0 Å². The van der Waals surface area contributed by atoms with Gasteiger partial charge in [-0.25, -0.2) is 0 Å². The van der Waals surface area contributed by atoms with E-state index in [2.05, 4.69) is 10.4 Å². The zero-order chi connectivity index (χ0) is 15.9. The van der Waals surface area contributed by atoms with Crippen molar-refractivity contribution >= 4 is 35.7 Å². The lowest BCUT2D eigenvalue weighted by Gasteiger charge is -2.19. The maximum absolute atomic E-state index is 13.0. The number of nitrogens with one attached hydrogen (secondary N) is 1. The number of halogens is 5. The molecule has 1 N–H and O–H groups in total. The fourth-order valence-corrected chi connectivity index (χ4v) is 2.78. The molecule has 1 aromatic heterocycles. The first kappa shape index (κ1) is 17.8. The van der Waals surface area contributed by atoms with Gasteiger partial charge in [-0.1, -0.05) is 23.7 Å². The van der Waals surface area contributed by atoms with Crippen molar-refractivity contribution in [3.63, 3.8) is 0 Å². The molecule has 23 heavy (non-hydrogen) atoms. The Morgan fingerprint density at radius 1 is 1.22 bits per heavy atom. The van der Waals surface area contributed by atoms with Crippen LogP contribution in [0.1, 0.15) is 22.5 Å². The molecule has 124 valence electrons. The number of rotatable bonds is 1. The minimum absolute atomic E-state index is 0. The average Bonchev–Trinajstić information content (AvgIpc) is 2.80. The zero-order valence-electron chi connectivity index (χ0n) is 12.1. The van der Waals surface area contributed by atoms with E-state index in [0.29, 0.717) is 17.3 Å². The predicted octanol–water partition coefficient (Wildman–Crippen LogP) is 4.16. The largest absolute Gasteiger partial charge is 0.435 e. The highest BCUT2D eigenvalue weighted by Crippen LogP contribution is 2.36. The molecule has 3 nitrogen and oxygen atoms in total. The van der Waals surface area contributed by atoms with Gasteiger partial charge < -0.3 is 5.32 Å². The molecule has 0 saturated carbocycles. The van der Waals surface area contributed by atoms with Crippen LogP contribution in [0.15, 0.2) is 24.3 Å². The topological polar surface area (TPSA) is 29.9 Å². The van der Waals surface area contributed by atoms with E-state index in [1.807, 2.05) is 18.2 Å². The van der Waals surface area contributed by atoms with E-state index in [0.717, 1.165) is 11.1 Å². The quantitative estimate of drug-likeness (QED) is 0.824. The summed E-state index contributed by atoms with van der Waals surface area (Å²) in [5, 5.41) is 7.28. The zero-order valence-corrected chi connectivity index (χ0v) is 13.7. The lowest BCUT2D eigenvalue weighted by Crippen LogP contribution is -2.25. The first-order valence-electron chi connectivity index (χ1n) is 6.66. The fraction of sp³-hybridized carbons (Fsp3) is 0.267. The number of hydrogen-bond donors (Lipinski definition) is 1. The molecule has 2 heterocycles. The van der Waals surface area contributed by atoms with E-state index in [4.69, 9.17) is 11.6 Å². The van der Waals surface area contributed by atoms with E-state index in [1.54, 1.807) is 12.1 Å². The Labute approximate surface area is 142 Å². The molecule has 0 fully saturated rings. The van der Waals surface area contributed by atoms with Crippen LogP contribution in [0.25, 0.3) is 11.6 Å². The molecule has 1 aliphatic heterocycles. The maximum Gasteiger partial charge on any atom is 0.435 e. The fourth-order valence-electron chi connectivity index (χ4n) is 2.65. The average molecular weight is 364 g/mol. The summed E-state index contributed by atoms with van der Waals surface area (Å²) in [6, 6.07) is 7.14. The van der Waals surface area contributed by atoms with E-state index >= 15 is 0 Å². The normalized spacial score (nSPS) is 16.1. The van der Waals surface area contributed by atoms with Crippen LogP contribution in [0.2, 0.25) is 5.02 Å². The Kier molecular flexibility index (Phi) is 5.08. The summed E-state index contributed by atoms with van der Waals surface area (Å²) in [5.74, 6) is 0. The molecule has 0 aliphatic carbocycles. The Hall–Kier alpha value is -1.50. The minimum Gasteiger partial charge on any atom is -0.308 e. The molecule has 0 amide bonds. The van der Waals surface area contributed by atoms with E-state index in [-0.39, 0.29) is 24.5 Å². The number of benzene rings is 1. The van der Waals surface area contributed by atoms with E-state index in [9.17, 15) is 13.2 Å². The number of aromatic nitrogens is 2. The standard InChI is InChI=1S/C15H13ClF3N3.ClH/c1-22-13-10(6-9-2-4-11(16)5-3-9)7-20-8-12(13)14(21-22)15(17,18)19;/h2-6,20H,7-8H2,1H3;1H. The van der Waals surface area contributed by atoms with Gasteiger partial charge in [-0.2, -0.15) is 18.3 Å². The molecular weight excluding hydrogens is 350 g/mol. The van der Waals surface area contributed by atoms with Gasteiger partial charge in [0.2, 0.25) is 0 Å². The van der Waals surface area contributed by atoms with Gasteiger partial charge in [-0.05, 0) is 29.3 Å². The molecule has 1 aliphatic rings. The molecule has 3 rings (SSSR count). The van der Waals surface area contributed by atoms with Crippen molar-refractivity contribution in [3.8, 4) is 0 Å². The lowest BCUT2D eigenvalue weighted by molar-refractivity contribution is -0.142. The summed E-state index contributed by atoms with van der Waals surface area (Å²) < 4.78 is 40.5. The molecule has 0 bridgehead atoms. The van der Waals surface area contributed by atoms with Crippen LogP contribution >= 0.6 is 24.0 Å². The summed E-state index contributed by atoms with van der Waals surface area (Å²) in [6.45, 7) is 0.655. The van der Waals surface area contributed by atoms with Gasteiger partial charge in [0.25, 0.3) is 0 Å². The lowest BCUT2D eigenvalue weighted by atomic mass is 9.99. The predicted molar refractivity (Wildman–Crippen MR) is 86.5 cm³/mol. The van der Waals surface area contributed by atoms with Gasteiger partial charge >= 0.3 is 6.18 Å². The van der Waals surface area contributed by atoms with Gasteiger partial charge in [0, 0.05) is 30.7 Å². The molecular formula is C15H14Cl2F3N3. The van der Waals surface area contributed by atoms with Crippen molar-refractivity contribution in [2.24, 2.45) is 7.05 Å². The van der Waals surface area contributed by atoms with Crippen LogP contribution in [0.4, 0.5) is 13.2 Å². The smallest absolute Gasteiger partial charge is 0.308 e. The Balaban J connectivity index is 0.00000192. The summed E-state index contributed by atoms with van der Waals surface area (Å²) >= 11 is 5.84. The SMILES string of the molecule is Cl.Cn1nc(C(F)(F)F)c2c1C(=Cc1ccc(Cl)cc1)CNC2. The van der Waals surface area contributed by atoms with E-state index in [1.165, 1.54) is 11.7 Å². The van der Waals surface area contributed by atoms with Crippen LogP contribution in [0.3, 0.4) is 0 Å².